The van der Waals surface area contributed by atoms with Crippen LogP contribution < -0.4 is 0 Å². The maximum absolute atomic E-state index is 11.7. The fraction of sp³-hybridized carbons (Fsp3) is 0.840. The first-order valence-corrected chi connectivity index (χ1v) is 12.2. The lowest BCUT2D eigenvalue weighted by molar-refractivity contribution is -0.150. The van der Waals surface area contributed by atoms with Crippen LogP contribution in [-0.2, 0) is 9.59 Å². The van der Waals surface area contributed by atoms with Gasteiger partial charge in [0.2, 0.25) is 0 Å². The van der Waals surface area contributed by atoms with E-state index in [4.69, 9.17) is 10.2 Å². The van der Waals surface area contributed by atoms with Crippen LogP contribution in [0.5, 0.6) is 0 Å². The van der Waals surface area contributed by atoms with Crippen LogP contribution >= 0.6 is 0 Å². The molecule has 0 amide bonds. The monoisotopic (exact) mass is 426 g/mol. The van der Waals surface area contributed by atoms with E-state index in [1.165, 1.54) is 77.0 Å². The van der Waals surface area contributed by atoms with Gasteiger partial charge in [-0.15, -0.1) is 0 Å². The van der Waals surface area contributed by atoms with Crippen molar-refractivity contribution in [2.45, 2.75) is 122 Å². The van der Waals surface area contributed by atoms with E-state index in [0.717, 1.165) is 19.3 Å². The SMILES string of the molecule is CCCCCCCC/C=C\CCCCCCCCCCC(C(=O)O)C(=O)C(O)CO. The van der Waals surface area contributed by atoms with Gasteiger partial charge in [-0.05, 0) is 32.1 Å². The number of aliphatic hydroxyl groups excluding tert-OH is 2. The van der Waals surface area contributed by atoms with Crippen molar-refractivity contribution in [1.82, 2.24) is 0 Å². The van der Waals surface area contributed by atoms with Gasteiger partial charge in [0.1, 0.15) is 12.0 Å². The average molecular weight is 427 g/mol. The lowest BCUT2D eigenvalue weighted by atomic mass is 9.93. The second kappa shape index (κ2) is 21.0. The van der Waals surface area contributed by atoms with Crippen LogP contribution in [0.25, 0.3) is 0 Å². The molecule has 3 N–H and O–H groups in total. The van der Waals surface area contributed by atoms with Gasteiger partial charge in [0, 0.05) is 0 Å². The summed E-state index contributed by atoms with van der Waals surface area (Å²) in [5.74, 6) is -3.21. The van der Waals surface area contributed by atoms with Crippen molar-refractivity contribution in [3.8, 4) is 0 Å². The van der Waals surface area contributed by atoms with E-state index in [2.05, 4.69) is 19.1 Å². The summed E-state index contributed by atoms with van der Waals surface area (Å²) in [6.45, 7) is 1.53. The highest BCUT2D eigenvalue weighted by molar-refractivity contribution is 6.00. The topological polar surface area (TPSA) is 94.8 Å². The number of allylic oxidation sites excluding steroid dienone is 2. The van der Waals surface area contributed by atoms with Crippen LogP contribution in [0.1, 0.15) is 116 Å². The summed E-state index contributed by atoms with van der Waals surface area (Å²) in [7, 11) is 0. The Labute approximate surface area is 184 Å². The Hall–Kier alpha value is -1.20. The highest BCUT2D eigenvalue weighted by Gasteiger charge is 2.30. The van der Waals surface area contributed by atoms with Gasteiger partial charge in [-0.1, -0.05) is 96.1 Å². The number of carboxylic acid groups (broad SMARTS) is 1. The van der Waals surface area contributed by atoms with Gasteiger partial charge in [-0.3, -0.25) is 9.59 Å². The highest BCUT2D eigenvalue weighted by Crippen LogP contribution is 2.16. The summed E-state index contributed by atoms with van der Waals surface area (Å²) in [6.07, 6.45) is 22.6. The van der Waals surface area contributed by atoms with Crippen molar-refractivity contribution in [2.24, 2.45) is 5.92 Å². The van der Waals surface area contributed by atoms with Gasteiger partial charge in [-0.2, -0.15) is 0 Å². The number of aliphatic carboxylic acids is 1. The number of aliphatic hydroxyl groups is 2. The minimum Gasteiger partial charge on any atom is -0.481 e. The molecule has 30 heavy (non-hydrogen) atoms. The zero-order chi connectivity index (χ0) is 22.5. The van der Waals surface area contributed by atoms with Crippen molar-refractivity contribution in [2.75, 3.05) is 6.61 Å². The van der Waals surface area contributed by atoms with E-state index in [1.807, 2.05) is 0 Å². The molecule has 0 aliphatic heterocycles. The van der Waals surface area contributed by atoms with Crippen LogP contribution in [0, 0.1) is 5.92 Å². The van der Waals surface area contributed by atoms with Crippen molar-refractivity contribution in [1.29, 1.82) is 0 Å². The summed E-state index contributed by atoms with van der Waals surface area (Å²) in [5, 5.41) is 27.2. The van der Waals surface area contributed by atoms with Gasteiger partial charge in [0.15, 0.2) is 5.78 Å². The predicted molar refractivity (Wildman–Crippen MR) is 123 cm³/mol. The molecule has 0 radical (unpaired) electrons. The molecule has 0 saturated heterocycles. The minimum atomic E-state index is -1.59. The third-order valence-electron chi connectivity index (χ3n) is 5.65. The first-order valence-electron chi connectivity index (χ1n) is 12.2. The maximum Gasteiger partial charge on any atom is 0.314 e. The molecule has 2 unspecified atom stereocenters. The van der Waals surface area contributed by atoms with Crippen LogP contribution in [-0.4, -0.2) is 39.8 Å². The van der Waals surface area contributed by atoms with Gasteiger partial charge in [0.05, 0.1) is 6.61 Å². The average Bonchev–Trinajstić information content (AvgIpc) is 2.74. The second-order valence-corrected chi connectivity index (χ2v) is 8.43. The molecule has 2 atom stereocenters. The molecular formula is C25H46O5. The van der Waals surface area contributed by atoms with E-state index >= 15 is 0 Å². The smallest absolute Gasteiger partial charge is 0.314 e. The molecule has 5 nitrogen and oxygen atoms in total. The Kier molecular flexibility index (Phi) is 20.2. The molecule has 0 spiro atoms. The van der Waals surface area contributed by atoms with Crippen molar-refractivity contribution < 1.29 is 24.9 Å². The van der Waals surface area contributed by atoms with Crippen LogP contribution in [0.15, 0.2) is 12.2 Å². The third-order valence-corrected chi connectivity index (χ3v) is 5.65. The summed E-state index contributed by atoms with van der Waals surface area (Å²) in [6, 6.07) is 0. The van der Waals surface area contributed by atoms with Crippen molar-refractivity contribution >= 4 is 11.8 Å². The van der Waals surface area contributed by atoms with Gasteiger partial charge < -0.3 is 15.3 Å². The Bertz CT molecular complexity index is 447. The van der Waals surface area contributed by atoms with E-state index < -0.39 is 30.4 Å². The number of rotatable bonds is 22. The fourth-order valence-electron chi connectivity index (χ4n) is 3.66. The number of Topliss-reactive ketones (excluding diaryl/α,β-unsaturated/α-hetero) is 1. The molecule has 0 aromatic carbocycles. The first-order chi connectivity index (χ1) is 14.5. The quantitative estimate of drug-likeness (QED) is 0.115. The second-order valence-electron chi connectivity index (χ2n) is 8.43. The lowest BCUT2D eigenvalue weighted by Crippen LogP contribution is -2.35. The molecule has 0 heterocycles. The van der Waals surface area contributed by atoms with Crippen molar-refractivity contribution in [3.05, 3.63) is 12.2 Å². The number of carbonyl (C=O) groups excluding carboxylic acids is 1. The molecule has 0 fully saturated rings. The summed E-state index contributed by atoms with van der Waals surface area (Å²) < 4.78 is 0. The summed E-state index contributed by atoms with van der Waals surface area (Å²) in [5.41, 5.74) is 0. The zero-order valence-corrected chi connectivity index (χ0v) is 19.2. The molecule has 0 aromatic heterocycles. The molecule has 0 rings (SSSR count). The number of unbranched alkanes of at least 4 members (excludes halogenated alkanes) is 14. The Morgan fingerprint density at radius 1 is 0.733 bits per heavy atom. The molecule has 0 bridgehead atoms. The Balaban J connectivity index is 3.48. The van der Waals surface area contributed by atoms with Gasteiger partial charge >= 0.3 is 5.97 Å². The molecule has 0 aromatic rings. The standard InChI is InChI=1S/C25H46O5/c1-2-3-4-5-6-7-8-9-10-11-12-13-14-15-16-17-18-19-20-22(25(29)30)24(28)23(27)21-26/h9-10,22-23,26-27H,2-8,11-21H2,1H3,(H,29,30)/b10-9-. The van der Waals surface area contributed by atoms with Crippen LogP contribution in [0.2, 0.25) is 0 Å². The largest absolute Gasteiger partial charge is 0.481 e. The molecule has 5 heteroatoms. The fourth-order valence-corrected chi connectivity index (χ4v) is 3.66. The number of hydrogen-bond acceptors (Lipinski definition) is 4. The van der Waals surface area contributed by atoms with Gasteiger partial charge in [-0.25, -0.2) is 0 Å². The molecule has 0 aliphatic carbocycles. The summed E-state index contributed by atoms with van der Waals surface area (Å²) >= 11 is 0. The van der Waals surface area contributed by atoms with E-state index in [-0.39, 0.29) is 6.42 Å². The van der Waals surface area contributed by atoms with Crippen LogP contribution in [0.3, 0.4) is 0 Å². The van der Waals surface area contributed by atoms with Gasteiger partial charge in [0.25, 0.3) is 0 Å². The van der Waals surface area contributed by atoms with E-state index in [9.17, 15) is 14.7 Å². The first kappa shape index (κ1) is 28.8. The number of carbonyl (C=O) groups is 2. The normalized spacial score (nSPS) is 13.6. The Morgan fingerprint density at radius 3 is 1.60 bits per heavy atom. The van der Waals surface area contributed by atoms with E-state index in [0.29, 0.717) is 6.42 Å². The third kappa shape index (κ3) is 16.6. The van der Waals surface area contributed by atoms with Crippen LogP contribution in [0.4, 0.5) is 0 Å². The highest BCUT2D eigenvalue weighted by atomic mass is 16.4. The number of hydrogen-bond donors (Lipinski definition) is 3. The molecule has 176 valence electrons. The van der Waals surface area contributed by atoms with E-state index in [1.54, 1.807) is 0 Å². The number of carboxylic acids is 1. The minimum absolute atomic E-state index is 0.232. The van der Waals surface area contributed by atoms with Crippen molar-refractivity contribution in [3.63, 3.8) is 0 Å². The maximum atomic E-state index is 11.7. The zero-order valence-electron chi connectivity index (χ0n) is 19.2. The molecule has 0 aliphatic rings. The summed E-state index contributed by atoms with van der Waals surface area (Å²) in [4.78, 5) is 22.9. The molecular weight excluding hydrogens is 380 g/mol. The predicted octanol–water partition coefficient (Wildman–Crippen LogP) is 5.82. The molecule has 0 saturated carbocycles. The lowest BCUT2D eigenvalue weighted by Gasteiger charge is -2.14. The number of ketones is 1. The Morgan fingerprint density at radius 2 is 1.17 bits per heavy atom.